The van der Waals surface area contributed by atoms with Crippen LogP contribution < -0.4 is 5.43 Å². The summed E-state index contributed by atoms with van der Waals surface area (Å²) in [4.78, 5) is 12.2. The highest BCUT2D eigenvalue weighted by Gasteiger charge is 2.35. The molecule has 0 saturated heterocycles. The maximum absolute atomic E-state index is 12.2. The Bertz CT molecular complexity index is 635. The lowest BCUT2D eigenvalue weighted by Gasteiger charge is -2.27. The van der Waals surface area contributed by atoms with Gasteiger partial charge in [0, 0.05) is 0 Å². The minimum Gasteiger partial charge on any atom is -0.299 e. The van der Waals surface area contributed by atoms with E-state index in [9.17, 15) is 4.79 Å². The summed E-state index contributed by atoms with van der Waals surface area (Å²) in [7, 11) is 0. The molecule has 0 unspecified atom stereocenters. The molecular weight excluding hydrogens is 260 g/mol. The Balaban J connectivity index is 2.32. The van der Waals surface area contributed by atoms with Crippen LogP contribution >= 0.6 is 0 Å². The lowest BCUT2D eigenvalue weighted by Crippen LogP contribution is -2.38. The van der Waals surface area contributed by atoms with Gasteiger partial charge in [0.2, 0.25) is 0 Å². The number of rotatable bonds is 5. The minimum absolute atomic E-state index is 0.0739. The van der Waals surface area contributed by atoms with Gasteiger partial charge in [-0.15, -0.1) is 0 Å². The van der Waals surface area contributed by atoms with E-state index in [4.69, 9.17) is 0 Å². The van der Waals surface area contributed by atoms with Crippen molar-refractivity contribution < 1.29 is 4.79 Å². The summed E-state index contributed by atoms with van der Waals surface area (Å²) in [5.74, 6) is 0.0739. The number of nitrogens with zero attached hydrogens (tertiary/aromatic N) is 1. The van der Waals surface area contributed by atoms with E-state index < -0.39 is 5.41 Å². The normalized spacial score (nSPS) is 14.3. The molecule has 2 aromatic carbocycles. The van der Waals surface area contributed by atoms with Gasteiger partial charge in [-0.05, 0) is 38.5 Å². The van der Waals surface area contributed by atoms with Gasteiger partial charge in [0.15, 0.2) is 0 Å². The van der Waals surface area contributed by atoms with Crippen LogP contribution in [0.15, 0.2) is 65.8 Å². The minimum atomic E-state index is -0.719. The van der Waals surface area contributed by atoms with E-state index in [0.717, 1.165) is 17.0 Å². The van der Waals surface area contributed by atoms with Crippen molar-refractivity contribution in [2.75, 3.05) is 5.43 Å². The highest BCUT2D eigenvalue weighted by Crippen LogP contribution is 2.27. The SMILES string of the molecule is CC(=O)[C@@](C)(/C(C)=N/Nc1ccccc1)c1ccccc1. The quantitative estimate of drug-likeness (QED) is 0.664. The molecule has 2 aromatic rings. The van der Waals surface area contributed by atoms with Gasteiger partial charge in [-0.2, -0.15) is 5.10 Å². The number of carbonyl (C=O) groups excluding carboxylic acids is 1. The molecule has 0 aliphatic heterocycles. The average Bonchev–Trinajstić information content (AvgIpc) is 2.53. The number of hydrazone groups is 1. The summed E-state index contributed by atoms with van der Waals surface area (Å²) >= 11 is 0. The molecular formula is C18H20N2O. The van der Waals surface area contributed by atoms with Crippen molar-refractivity contribution in [3.63, 3.8) is 0 Å². The number of nitrogens with one attached hydrogen (secondary N) is 1. The zero-order chi connectivity index (χ0) is 15.3. The largest absolute Gasteiger partial charge is 0.299 e. The van der Waals surface area contributed by atoms with Gasteiger partial charge in [-0.3, -0.25) is 10.2 Å². The van der Waals surface area contributed by atoms with Gasteiger partial charge in [0.1, 0.15) is 5.78 Å². The number of carbonyl (C=O) groups is 1. The van der Waals surface area contributed by atoms with Gasteiger partial charge in [-0.25, -0.2) is 0 Å². The summed E-state index contributed by atoms with van der Waals surface area (Å²) < 4.78 is 0. The summed E-state index contributed by atoms with van der Waals surface area (Å²) in [6.07, 6.45) is 0. The first-order chi connectivity index (χ1) is 10.0. The van der Waals surface area contributed by atoms with E-state index in [2.05, 4.69) is 10.5 Å². The number of hydrogen-bond donors (Lipinski definition) is 1. The van der Waals surface area contributed by atoms with Gasteiger partial charge >= 0.3 is 0 Å². The van der Waals surface area contributed by atoms with Crippen LogP contribution in [0.4, 0.5) is 5.69 Å². The molecule has 0 saturated carbocycles. The number of anilines is 1. The molecule has 0 aliphatic carbocycles. The van der Waals surface area contributed by atoms with Crippen molar-refractivity contribution in [3.05, 3.63) is 66.2 Å². The fourth-order valence-electron chi connectivity index (χ4n) is 2.21. The van der Waals surface area contributed by atoms with E-state index in [0.29, 0.717) is 0 Å². The number of hydrogen-bond acceptors (Lipinski definition) is 3. The molecule has 0 amide bonds. The second kappa shape index (κ2) is 6.35. The number of Topliss-reactive ketones (excluding diaryl/α,β-unsaturated/α-hetero) is 1. The average molecular weight is 280 g/mol. The van der Waals surface area contributed by atoms with Gasteiger partial charge in [0.05, 0.1) is 16.8 Å². The van der Waals surface area contributed by atoms with Crippen LogP contribution in [0.5, 0.6) is 0 Å². The Labute approximate surface area is 125 Å². The maximum atomic E-state index is 12.2. The molecule has 108 valence electrons. The predicted octanol–water partition coefficient (Wildman–Crippen LogP) is 4.02. The predicted molar refractivity (Wildman–Crippen MR) is 87.6 cm³/mol. The molecule has 0 spiro atoms. The lowest BCUT2D eigenvalue weighted by molar-refractivity contribution is -0.119. The third kappa shape index (κ3) is 3.19. The first-order valence-corrected chi connectivity index (χ1v) is 6.97. The van der Waals surface area contributed by atoms with Crippen LogP contribution in [0, 0.1) is 0 Å². The van der Waals surface area contributed by atoms with Gasteiger partial charge in [-0.1, -0.05) is 48.5 Å². The third-order valence-corrected chi connectivity index (χ3v) is 3.91. The smallest absolute Gasteiger partial charge is 0.145 e. The van der Waals surface area contributed by atoms with Crippen molar-refractivity contribution in [1.82, 2.24) is 0 Å². The highest BCUT2D eigenvalue weighted by molar-refractivity contribution is 6.12. The van der Waals surface area contributed by atoms with Crippen molar-refractivity contribution in [1.29, 1.82) is 0 Å². The van der Waals surface area contributed by atoms with Crippen LogP contribution in [-0.4, -0.2) is 11.5 Å². The highest BCUT2D eigenvalue weighted by atomic mass is 16.1. The molecule has 0 aromatic heterocycles. The molecule has 0 fully saturated rings. The van der Waals surface area contributed by atoms with Crippen LogP contribution in [0.3, 0.4) is 0 Å². The third-order valence-electron chi connectivity index (χ3n) is 3.91. The van der Waals surface area contributed by atoms with E-state index in [-0.39, 0.29) is 5.78 Å². The molecule has 3 heteroatoms. The number of ketones is 1. The van der Waals surface area contributed by atoms with E-state index in [1.165, 1.54) is 0 Å². The molecule has 0 aliphatic rings. The Morgan fingerprint density at radius 3 is 2.00 bits per heavy atom. The molecule has 0 heterocycles. The number of para-hydroxylation sites is 1. The lowest BCUT2D eigenvalue weighted by atomic mass is 9.75. The second-order valence-corrected chi connectivity index (χ2v) is 5.22. The zero-order valence-electron chi connectivity index (χ0n) is 12.6. The topological polar surface area (TPSA) is 41.5 Å². The molecule has 0 bridgehead atoms. The van der Waals surface area contributed by atoms with E-state index in [1.807, 2.05) is 74.5 Å². The first-order valence-electron chi connectivity index (χ1n) is 6.97. The summed E-state index contributed by atoms with van der Waals surface area (Å²) in [6.45, 7) is 5.40. The summed E-state index contributed by atoms with van der Waals surface area (Å²) in [5, 5.41) is 4.41. The molecule has 3 nitrogen and oxygen atoms in total. The Morgan fingerprint density at radius 2 is 1.48 bits per heavy atom. The Morgan fingerprint density at radius 1 is 0.952 bits per heavy atom. The van der Waals surface area contributed by atoms with E-state index in [1.54, 1.807) is 6.92 Å². The summed E-state index contributed by atoms with van der Waals surface area (Å²) in [6, 6.07) is 19.4. The van der Waals surface area contributed by atoms with Crippen LogP contribution in [0.2, 0.25) is 0 Å². The maximum Gasteiger partial charge on any atom is 0.145 e. The van der Waals surface area contributed by atoms with Crippen LogP contribution in [-0.2, 0) is 10.2 Å². The number of benzene rings is 2. The second-order valence-electron chi connectivity index (χ2n) is 5.22. The fourth-order valence-corrected chi connectivity index (χ4v) is 2.21. The standard InChI is InChI=1S/C18H20N2O/c1-14(19-20-17-12-8-5-9-13-17)18(3,15(2)21)16-10-6-4-7-11-16/h4-13,20H,1-3H3/b19-14+/t18-/m1/s1. The molecule has 1 N–H and O–H groups in total. The van der Waals surface area contributed by atoms with E-state index >= 15 is 0 Å². The van der Waals surface area contributed by atoms with Crippen molar-refractivity contribution >= 4 is 17.2 Å². The molecule has 2 rings (SSSR count). The monoisotopic (exact) mass is 280 g/mol. The van der Waals surface area contributed by atoms with Gasteiger partial charge in [0.25, 0.3) is 0 Å². The first kappa shape index (κ1) is 15.0. The van der Waals surface area contributed by atoms with Crippen molar-refractivity contribution in [2.24, 2.45) is 5.10 Å². The summed E-state index contributed by atoms with van der Waals surface area (Å²) in [5.41, 5.74) is 4.88. The van der Waals surface area contributed by atoms with Crippen molar-refractivity contribution in [3.8, 4) is 0 Å². The molecule has 0 radical (unpaired) electrons. The van der Waals surface area contributed by atoms with Gasteiger partial charge < -0.3 is 0 Å². The molecule has 1 atom stereocenters. The Hall–Kier alpha value is -2.42. The molecule has 21 heavy (non-hydrogen) atoms. The fraction of sp³-hybridized carbons (Fsp3) is 0.222. The van der Waals surface area contributed by atoms with Crippen LogP contribution in [0.1, 0.15) is 26.3 Å². The van der Waals surface area contributed by atoms with Crippen molar-refractivity contribution in [2.45, 2.75) is 26.2 Å². The zero-order valence-corrected chi connectivity index (χ0v) is 12.6. The Kier molecular flexibility index (Phi) is 4.53. The van der Waals surface area contributed by atoms with Crippen LogP contribution in [0.25, 0.3) is 0 Å².